The average Bonchev–Trinajstić information content (AvgIpc) is 2.38. The Morgan fingerprint density at radius 1 is 1.33 bits per heavy atom. The van der Waals surface area contributed by atoms with Gasteiger partial charge >= 0.3 is 0 Å². The first kappa shape index (κ1) is 13.8. The zero-order chi connectivity index (χ0) is 12.8. The minimum Gasteiger partial charge on any atom is -0.393 e. The molecule has 1 heterocycles. The maximum Gasteiger partial charge on any atom is 0.234 e. The summed E-state index contributed by atoms with van der Waals surface area (Å²) in [4.78, 5) is 14.0. The number of hydrogen-bond acceptors (Lipinski definition) is 4. The van der Waals surface area contributed by atoms with Crippen LogP contribution in [0.2, 0.25) is 0 Å². The molecule has 0 aromatic heterocycles. The van der Waals surface area contributed by atoms with Gasteiger partial charge < -0.3 is 15.7 Å². The minimum absolute atomic E-state index is 0.122. The maximum absolute atomic E-state index is 11.8. The van der Waals surface area contributed by atoms with Gasteiger partial charge in [-0.3, -0.25) is 9.69 Å². The quantitative estimate of drug-likeness (QED) is 0.637. The van der Waals surface area contributed by atoms with Crippen LogP contribution in [0.3, 0.4) is 0 Å². The Kier molecular flexibility index (Phi) is 5.41. The van der Waals surface area contributed by atoms with Crippen molar-refractivity contribution in [2.75, 3.05) is 39.3 Å². The molecule has 1 aliphatic carbocycles. The Balaban J connectivity index is 1.61. The first-order chi connectivity index (χ1) is 8.74. The van der Waals surface area contributed by atoms with E-state index in [4.69, 9.17) is 0 Å². The number of piperazine rings is 1. The van der Waals surface area contributed by atoms with E-state index in [1.807, 2.05) is 0 Å². The summed E-state index contributed by atoms with van der Waals surface area (Å²) in [6, 6.07) is 0. The molecule has 1 amide bonds. The van der Waals surface area contributed by atoms with Crippen molar-refractivity contribution in [3.05, 3.63) is 0 Å². The molecule has 0 aromatic rings. The fourth-order valence-electron chi connectivity index (χ4n) is 2.83. The van der Waals surface area contributed by atoms with Gasteiger partial charge in [-0.05, 0) is 25.2 Å². The van der Waals surface area contributed by atoms with Crippen LogP contribution in [0, 0.1) is 5.92 Å². The third-order valence-corrected chi connectivity index (χ3v) is 3.92. The molecule has 2 atom stereocenters. The molecule has 2 aliphatic rings. The Labute approximate surface area is 109 Å². The van der Waals surface area contributed by atoms with Crippen LogP contribution in [0.1, 0.15) is 25.7 Å². The number of nitrogens with one attached hydrogen (secondary N) is 2. The molecule has 2 rings (SSSR count). The first-order valence-electron chi connectivity index (χ1n) is 7.12. The van der Waals surface area contributed by atoms with E-state index in [1.54, 1.807) is 0 Å². The minimum atomic E-state index is -0.158. The van der Waals surface area contributed by atoms with Crippen molar-refractivity contribution in [2.45, 2.75) is 31.8 Å². The van der Waals surface area contributed by atoms with Crippen LogP contribution >= 0.6 is 0 Å². The molecule has 1 aliphatic heterocycles. The summed E-state index contributed by atoms with van der Waals surface area (Å²) in [5, 5.41) is 15.9. The second-order valence-electron chi connectivity index (χ2n) is 5.52. The lowest BCUT2D eigenvalue weighted by Gasteiger charge is -2.28. The molecule has 5 nitrogen and oxygen atoms in total. The van der Waals surface area contributed by atoms with E-state index in [2.05, 4.69) is 15.5 Å². The summed E-state index contributed by atoms with van der Waals surface area (Å²) >= 11 is 0. The van der Waals surface area contributed by atoms with Crippen molar-refractivity contribution in [3.63, 3.8) is 0 Å². The molecular weight excluding hydrogens is 230 g/mol. The molecule has 3 N–H and O–H groups in total. The second kappa shape index (κ2) is 7.07. The number of aliphatic hydroxyl groups is 1. The fourth-order valence-corrected chi connectivity index (χ4v) is 2.83. The van der Waals surface area contributed by atoms with Crippen molar-refractivity contribution in [1.82, 2.24) is 15.5 Å². The number of hydrogen-bond donors (Lipinski definition) is 3. The van der Waals surface area contributed by atoms with Crippen LogP contribution in [-0.4, -0.2) is 61.3 Å². The second-order valence-corrected chi connectivity index (χ2v) is 5.52. The summed E-state index contributed by atoms with van der Waals surface area (Å²) in [7, 11) is 0. The normalized spacial score (nSPS) is 30.1. The maximum atomic E-state index is 11.8. The summed E-state index contributed by atoms with van der Waals surface area (Å²) in [6.07, 6.45) is 3.82. The van der Waals surface area contributed by atoms with Crippen LogP contribution in [0.25, 0.3) is 0 Å². The monoisotopic (exact) mass is 255 g/mol. The van der Waals surface area contributed by atoms with Crippen LogP contribution < -0.4 is 10.6 Å². The largest absolute Gasteiger partial charge is 0.393 e. The fraction of sp³-hybridized carbons (Fsp3) is 0.923. The first-order valence-corrected chi connectivity index (χ1v) is 7.12. The predicted molar refractivity (Wildman–Crippen MR) is 70.3 cm³/mol. The van der Waals surface area contributed by atoms with Gasteiger partial charge in [0.25, 0.3) is 0 Å². The van der Waals surface area contributed by atoms with Gasteiger partial charge in [0.1, 0.15) is 0 Å². The molecule has 0 aromatic carbocycles. The topological polar surface area (TPSA) is 64.6 Å². The molecule has 104 valence electrons. The lowest BCUT2D eigenvalue weighted by Crippen LogP contribution is -2.48. The van der Waals surface area contributed by atoms with Gasteiger partial charge in [-0.2, -0.15) is 0 Å². The van der Waals surface area contributed by atoms with E-state index in [0.717, 1.165) is 58.4 Å². The lowest BCUT2D eigenvalue weighted by molar-refractivity contribution is -0.122. The van der Waals surface area contributed by atoms with Crippen molar-refractivity contribution in [3.8, 4) is 0 Å². The molecule has 1 saturated heterocycles. The third-order valence-electron chi connectivity index (χ3n) is 3.92. The Morgan fingerprint density at radius 3 is 2.83 bits per heavy atom. The van der Waals surface area contributed by atoms with Gasteiger partial charge in [-0.25, -0.2) is 0 Å². The number of nitrogens with zero attached hydrogens (tertiary/aromatic N) is 1. The van der Waals surface area contributed by atoms with E-state index in [1.165, 1.54) is 0 Å². The summed E-state index contributed by atoms with van der Waals surface area (Å²) < 4.78 is 0. The van der Waals surface area contributed by atoms with Gasteiger partial charge in [-0.1, -0.05) is 6.42 Å². The van der Waals surface area contributed by atoms with Crippen molar-refractivity contribution in [2.24, 2.45) is 5.92 Å². The molecule has 0 bridgehead atoms. The molecule has 0 spiro atoms. The zero-order valence-corrected chi connectivity index (χ0v) is 11.0. The molecule has 0 radical (unpaired) electrons. The lowest BCUT2D eigenvalue weighted by atomic mass is 9.87. The van der Waals surface area contributed by atoms with E-state index in [9.17, 15) is 9.90 Å². The highest BCUT2D eigenvalue weighted by atomic mass is 16.3. The molecular formula is C13H25N3O2. The molecule has 5 heteroatoms. The SMILES string of the molecule is O=C(CN1CCNCC1)NCC1CCCC(O)C1. The molecule has 2 unspecified atom stereocenters. The summed E-state index contributed by atoms with van der Waals surface area (Å²) in [5.41, 5.74) is 0. The summed E-state index contributed by atoms with van der Waals surface area (Å²) in [5.74, 6) is 0.581. The number of rotatable bonds is 4. The molecule has 2 fully saturated rings. The number of aliphatic hydroxyl groups excluding tert-OH is 1. The van der Waals surface area contributed by atoms with Gasteiger partial charge in [-0.15, -0.1) is 0 Å². The van der Waals surface area contributed by atoms with Crippen LogP contribution in [0.15, 0.2) is 0 Å². The summed E-state index contributed by atoms with van der Waals surface area (Å²) in [6.45, 7) is 5.09. The Morgan fingerprint density at radius 2 is 2.11 bits per heavy atom. The number of amides is 1. The Hall–Kier alpha value is -0.650. The smallest absolute Gasteiger partial charge is 0.234 e. The highest BCUT2D eigenvalue weighted by Crippen LogP contribution is 2.23. The van der Waals surface area contributed by atoms with Gasteiger partial charge in [0.15, 0.2) is 0 Å². The number of carbonyl (C=O) groups excluding carboxylic acids is 1. The third kappa shape index (κ3) is 4.55. The predicted octanol–water partition coefficient (Wildman–Crippen LogP) is -0.441. The van der Waals surface area contributed by atoms with Crippen LogP contribution in [0.5, 0.6) is 0 Å². The number of carbonyl (C=O) groups is 1. The zero-order valence-electron chi connectivity index (χ0n) is 11.0. The van der Waals surface area contributed by atoms with Gasteiger partial charge in [0, 0.05) is 32.7 Å². The van der Waals surface area contributed by atoms with E-state index >= 15 is 0 Å². The standard InChI is InChI=1S/C13H25N3O2/c17-12-3-1-2-11(8-12)9-15-13(18)10-16-6-4-14-5-7-16/h11-12,14,17H,1-10H2,(H,15,18). The van der Waals surface area contributed by atoms with E-state index < -0.39 is 0 Å². The van der Waals surface area contributed by atoms with E-state index in [0.29, 0.717) is 12.5 Å². The molecule has 18 heavy (non-hydrogen) atoms. The van der Waals surface area contributed by atoms with Crippen molar-refractivity contribution < 1.29 is 9.90 Å². The van der Waals surface area contributed by atoms with Crippen LogP contribution in [0.4, 0.5) is 0 Å². The van der Waals surface area contributed by atoms with Crippen molar-refractivity contribution >= 4 is 5.91 Å². The van der Waals surface area contributed by atoms with Gasteiger partial charge in [0.05, 0.1) is 12.6 Å². The highest BCUT2D eigenvalue weighted by molar-refractivity contribution is 5.78. The van der Waals surface area contributed by atoms with Crippen molar-refractivity contribution in [1.29, 1.82) is 0 Å². The van der Waals surface area contributed by atoms with Crippen LogP contribution in [-0.2, 0) is 4.79 Å². The Bertz CT molecular complexity index is 267. The van der Waals surface area contributed by atoms with E-state index in [-0.39, 0.29) is 12.0 Å². The average molecular weight is 255 g/mol. The molecule has 1 saturated carbocycles. The van der Waals surface area contributed by atoms with Gasteiger partial charge in [0.2, 0.25) is 5.91 Å². The highest BCUT2D eigenvalue weighted by Gasteiger charge is 2.21.